The number of likely N-dealkylation sites (tertiary alicyclic amines) is 1. The number of carbonyl (C=O) groups is 2. The van der Waals surface area contributed by atoms with Gasteiger partial charge in [-0.25, -0.2) is 0 Å². The molecule has 4 rings (SSSR count). The predicted molar refractivity (Wildman–Crippen MR) is 106 cm³/mol. The van der Waals surface area contributed by atoms with Crippen LogP contribution in [0.1, 0.15) is 28.8 Å². The van der Waals surface area contributed by atoms with E-state index in [1.807, 2.05) is 23.1 Å². The van der Waals surface area contributed by atoms with Crippen molar-refractivity contribution in [1.29, 1.82) is 0 Å². The Morgan fingerprint density at radius 2 is 1.79 bits per heavy atom. The zero-order valence-corrected chi connectivity index (χ0v) is 16.3. The molecule has 0 atom stereocenters. The van der Waals surface area contributed by atoms with Crippen LogP contribution in [0.4, 0.5) is 0 Å². The van der Waals surface area contributed by atoms with Gasteiger partial charge in [0.2, 0.25) is 12.7 Å². The van der Waals surface area contributed by atoms with Crippen LogP contribution in [0.5, 0.6) is 17.2 Å². The first-order valence-corrected chi connectivity index (χ1v) is 9.73. The lowest BCUT2D eigenvalue weighted by Gasteiger charge is -2.31. The molecule has 1 fully saturated rings. The fourth-order valence-corrected chi connectivity index (χ4v) is 3.65. The third kappa shape index (κ3) is 4.29. The van der Waals surface area contributed by atoms with E-state index in [1.54, 1.807) is 31.4 Å². The average molecular weight is 396 g/mol. The number of ether oxygens (including phenoxy) is 3. The summed E-state index contributed by atoms with van der Waals surface area (Å²) in [5, 5.41) is 3.00. The van der Waals surface area contributed by atoms with Crippen LogP contribution in [0, 0.1) is 5.92 Å². The van der Waals surface area contributed by atoms with Crippen molar-refractivity contribution in [2.75, 3.05) is 27.0 Å². The third-order valence-electron chi connectivity index (χ3n) is 5.39. The Kier molecular flexibility index (Phi) is 5.55. The zero-order valence-electron chi connectivity index (χ0n) is 16.3. The Labute approximate surface area is 169 Å². The SMILES string of the molecule is COc1ccc(C(=O)N2CCC(C(=O)NCc3ccc4c(c3)OCO4)CC2)cc1. The van der Waals surface area contributed by atoms with Crippen molar-refractivity contribution in [3.8, 4) is 17.2 Å². The summed E-state index contributed by atoms with van der Waals surface area (Å²) in [6, 6.07) is 12.8. The van der Waals surface area contributed by atoms with E-state index in [0.717, 1.165) is 17.1 Å². The van der Waals surface area contributed by atoms with Crippen LogP contribution in [0.15, 0.2) is 42.5 Å². The zero-order chi connectivity index (χ0) is 20.2. The standard InChI is InChI=1S/C22H24N2O5/c1-27-18-5-3-17(4-6-18)22(26)24-10-8-16(9-11-24)21(25)23-13-15-2-7-19-20(12-15)29-14-28-19/h2-7,12,16H,8-11,13-14H2,1H3,(H,23,25). The average Bonchev–Trinajstić information content (AvgIpc) is 3.25. The Hall–Kier alpha value is -3.22. The Morgan fingerprint density at radius 1 is 1.07 bits per heavy atom. The van der Waals surface area contributed by atoms with Crippen LogP contribution < -0.4 is 19.5 Å². The molecule has 2 aliphatic rings. The number of hydrogen-bond acceptors (Lipinski definition) is 5. The quantitative estimate of drug-likeness (QED) is 0.841. The number of benzene rings is 2. The van der Waals surface area contributed by atoms with Crippen LogP contribution in [-0.4, -0.2) is 43.7 Å². The summed E-state index contributed by atoms with van der Waals surface area (Å²) in [4.78, 5) is 27.0. The van der Waals surface area contributed by atoms with E-state index >= 15 is 0 Å². The number of fused-ring (bicyclic) bond motifs is 1. The lowest BCUT2D eigenvalue weighted by molar-refractivity contribution is -0.126. The maximum absolute atomic E-state index is 12.6. The summed E-state index contributed by atoms with van der Waals surface area (Å²) in [6.45, 7) is 1.83. The second kappa shape index (κ2) is 8.43. The van der Waals surface area contributed by atoms with Crippen LogP contribution in [0.25, 0.3) is 0 Å². The molecule has 152 valence electrons. The molecule has 2 heterocycles. The van der Waals surface area contributed by atoms with Crippen molar-refractivity contribution in [3.63, 3.8) is 0 Å². The summed E-state index contributed by atoms with van der Waals surface area (Å²) in [5.74, 6) is 2.10. The van der Waals surface area contributed by atoms with Crippen molar-refractivity contribution >= 4 is 11.8 Å². The largest absolute Gasteiger partial charge is 0.497 e. The number of methoxy groups -OCH3 is 1. The minimum Gasteiger partial charge on any atom is -0.497 e. The second-order valence-electron chi connectivity index (χ2n) is 7.20. The molecule has 29 heavy (non-hydrogen) atoms. The second-order valence-corrected chi connectivity index (χ2v) is 7.20. The molecule has 0 aliphatic carbocycles. The van der Waals surface area contributed by atoms with Gasteiger partial charge in [0, 0.05) is 31.1 Å². The number of amides is 2. The van der Waals surface area contributed by atoms with Gasteiger partial charge in [0.1, 0.15) is 5.75 Å². The lowest BCUT2D eigenvalue weighted by atomic mass is 9.95. The molecule has 0 unspecified atom stereocenters. The van der Waals surface area contributed by atoms with Gasteiger partial charge in [-0.15, -0.1) is 0 Å². The first kappa shape index (κ1) is 19.1. The number of hydrogen-bond donors (Lipinski definition) is 1. The van der Waals surface area contributed by atoms with Crippen molar-refractivity contribution in [2.24, 2.45) is 5.92 Å². The molecule has 0 radical (unpaired) electrons. The molecule has 7 heteroatoms. The number of rotatable bonds is 5. The van der Waals surface area contributed by atoms with E-state index in [1.165, 1.54) is 0 Å². The Balaban J connectivity index is 1.26. The first-order chi connectivity index (χ1) is 14.1. The molecular formula is C22H24N2O5. The van der Waals surface area contributed by atoms with Gasteiger partial charge in [-0.05, 0) is 54.8 Å². The molecule has 0 aromatic heterocycles. The van der Waals surface area contributed by atoms with Gasteiger partial charge in [0.15, 0.2) is 11.5 Å². The normalized spacial score (nSPS) is 15.8. The number of piperidine rings is 1. The monoisotopic (exact) mass is 396 g/mol. The lowest BCUT2D eigenvalue weighted by Crippen LogP contribution is -2.42. The minimum absolute atomic E-state index is 0.00753. The van der Waals surface area contributed by atoms with E-state index in [9.17, 15) is 9.59 Å². The van der Waals surface area contributed by atoms with Crippen LogP contribution >= 0.6 is 0 Å². The van der Waals surface area contributed by atoms with Crippen LogP contribution in [0.3, 0.4) is 0 Å². The van der Waals surface area contributed by atoms with Crippen molar-refractivity contribution in [2.45, 2.75) is 19.4 Å². The number of nitrogens with zero attached hydrogens (tertiary/aromatic N) is 1. The molecule has 1 saturated heterocycles. The molecule has 1 N–H and O–H groups in total. The summed E-state index contributed by atoms with van der Waals surface area (Å²) in [5.41, 5.74) is 1.60. The van der Waals surface area contributed by atoms with E-state index in [-0.39, 0.29) is 24.5 Å². The Bertz CT molecular complexity index is 889. The highest BCUT2D eigenvalue weighted by molar-refractivity contribution is 5.94. The molecular weight excluding hydrogens is 372 g/mol. The van der Waals surface area contributed by atoms with E-state index in [2.05, 4.69) is 5.32 Å². The summed E-state index contributed by atoms with van der Waals surface area (Å²) in [7, 11) is 1.60. The fraction of sp³-hybridized carbons (Fsp3) is 0.364. The maximum Gasteiger partial charge on any atom is 0.253 e. The highest BCUT2D eigenvalue weighted by atomic mass is 16.7. The molecule has 2 aliphatic heterocycles. The molecule has 0 spiro atoms. The fourth-order valence-electron chi connectivity index (χ4n) is 3.65. The predicted octanol–water partition coefficient (Wildman–Crippen LogP) is 2.59. The first-order valence-electron chi connectivity index (χ1n) is 9.73. The van der Waals surface area contributed by atoms with E-state index < -0.39 is 0 Å². The Morgan fingerprint density at radius 3 is 2.52 bits per heavy atom. The van der Waals surface area contributed by atoms with Gasteiger partial charge in [0.05, 0.1) is 7.11 Å². The van der Waals surface area contributed by atoms with Gasteiger partial charge in [-0.2, -0.15) is 0 Å². The maximum atomic E-state index is 12.6. The van der Waals surface area contributed by atoms with Gasteiger partial charge in [0.25, 0.3) is 5.91 Å². The molecule has 2 aromatic rings. The van der Waals surface area contributed by atoms with Crippen molar-refractivity contribution < 1.29 is 23.8 Å². The van der Waals surface area contributed by atoms with Crippen molar-refractivity contribution in [3.05, 3.63) is 53.6 Å². The van der Waals surface area contributed by atoms with Gasteiger partial charge < -0.3 is 24.4 Å². The van der Waals surface area contributed by atoms with Crippen LogP contribution in [-0.2, 0) is 11.3 Å². The highest BCUT2D eigenvalue weighted by Crippen LogP contribution is 2.32. The molecule has 0 saturated carbocycles. The van der Waals surface area contributed by atoms with Gasteiger partial charge in [-0.1, -0.05) is 6.07 Å². The highest BCUT2D eigenvalue weighted by Gasteiger charge is 2.27. The molecule has 0 bridgehead atoms. The molecule has 7 nitrogen and oxygen atoms in total. The number of nitrogens with one attached hydrogen (secondary N) is 1. The minimum atomic E-state index is -0.0797. The van der Waals surface area contributed by atoms with Gasteiger partial charge in [-0.3, -0.25) is 9.59 Å². The molecule has 2 aromatic carbocycles. The van der Waals surface area contributed by atoms with E-state index in [0.29, 0.717) is 43.8 Å². The summed E-state index contributed by atoms with van der Waals surface area (Å²) >= 11 is 0. The van der Waals surface area contributed by atoms with Gasteiger partial charge >= 0.3 is 0 Å². The smallest absolute Gasteiger partial charge is 0.253 e. The summed E-state index contributed by atoms with van der Waals surface area (Å²) in [6.07, 6.45) is 1.32. The van der Waals surface area contributed by atoms with E-state index in [4.69, 9.17) is 14.2 Å². The summed E-state index contributed by atoms with van der Waals surface area (Å²) < 4.78 is 15.8. The van der Waals surface area contributed by atoms with Crippen LogP contribution in [0.2, 0.25) is 0 Å². The number of carbonyl (C=O) groups excluding carboxylic acids is 2. The third-order valence-corrected chi connectivity index (χ3v) is 5.39. The van der Waals surface area contributed by atoms with Crippen molar-refractivity contribution in [1.82, 2.24) is 10.2 Å². The molecule has 2 amide bonds. The topological polar surface area (TPSA) is 77.1 Å².